The first kappa shape index (κ1) is 18.8. The molecule has 1 fully saturated rings. The highest BCUT2D eigenvalue weighted by Gasteiger charge is 2.21. The molecule has 1 aromatic carbocycles. The lowest BCUT2D eigenvalue weighted by Crippen LogP contribution is -2.41. The third kappa shape index (κ3) is 5.52. The molecule has 0 saturated carbocycles. The minimum absolute atomic E-state index is 0.139. The fourth-order valence-electron chi connectivity index (χ4n) is 2.81. The summed E-state index contributed by atoms with van der Waals surface area (Å²) in [6, 6.07) is 5.30. The topological polar surface area (TPSA) is 65.1 Å². The zero-order valence-electron chi connectivity index (χ0n) is 15.0. The Morgan fingerprint density at radius 2 is 2.00 bits per heavy atom. The van der Waals surface area contributed by atoms with Crippen molar-refractivity contribution in [1.82, 2.24) is 4.90 Å². The highest BCUT2D eigenvalue weighted by atomic mass is 16.5. The minimum atomic E-state index is -0.548. The molecular weight excluding hydrogens is 322 g/mol. The van der Waals surface area contributed by atoms with Crippen LogP contribution in [-0.4, -0.2) is 50.7 Å². The van der Waals surface area contributed by atoms with Crippen molar-refractivity contribution in [3.63, 3.8) is 0 Å². The molecule has 1 aliphatic heterocycles. The number of hydrogen-bond donors (Lipinski definition) is 0. The van der Waals surface area contributed by atoms with Gasteiger partial charge in [-0.3, -0.25) is 4.79 Å². The van der Waals surface area contributed by atoms with Crippen LogP contribution in [0.2, 0.25) is 0 Å². The second-order valence-electron chi connectivity index (χ2n) is 6.14. The summed E-state index contributed by atoms with van der Waals surface area (Å²) in [5, 5.41) is 0. The second-order valence-corrected chi connectivity index (χ2v) is 6.14. The Morgan fingerprint density at radius 1 is 1.24 bits per heavy atom. The Kier molecular flexibility index (Phi) is 6.86. The quantitative estimate of drug-likeness (QED) is 0.584. The molecule has 0 spiro atoms. The monoisotopic (exact) mass is 347 g/mol. The van der Waals surface area contributed by atoms with Crippen LogP contribution in [0.3, 0.4) is 0 Å². The average Bonchev–Trinajstić information content (AvgIpc) is 2.64. The van der Waals surface area contributed by atoms with E-state index in [2.05, 4.69) is 6.92 Å². The van der Waals surface area contributed by atoms with Gasteiger partial charge < -0.3 is 19.1 Å². The number of likely N-dealkylation sites (tertiary alicyclic amines) is 1. The number of methoxy groups -OCH3 is 2. The minimum Gasteiger partial charge on any atom is -0.493 e. The summed E-state index contributed by atoms with van der Waals surface area (Å²) in [7, 11) is 3.11. The highest BCUT2D eigenvalue weighted by Crippen LogP contribution is 2.27. The predicted octanol–water partition coefficient (Wildman–Crippen LogP) is 2.52. The largest absolute Gasteiger partial charge is 0.493 e. The zero-order valence-corrected chi connectivity index (χ0v) is 15.0. The van der Waals surface area contributed by atoms with Crippen molar-refractivity contribution in [3.8, 4) is 11.5 Å². The van der Waals surface area contributed by atoms with Crippen molar-refractivity contribution in [2.75, 3.05) is 33.9 Å². The molecule has 1 atom stereocenters. The van der Waals surface area contributed by atoms with Crippen molar-refractivity contribution in [2.24, 2.45) is 5.92 Å². The van der Waals surface area contributed by atoms with Gasteiger partial charge in [-0.2, -0.15) is 0 Å². The summed E-state index contributed by atoms with van der Waals surface area (Å²) in [5.74, 6) is 1.00. The first-order valence-corrected chi connectivity index (χ1v) is 8.38. The molecule has 136 valence electrons. The number of nitrogens with zero attached hydrogens (tertiary/aromatic N) is 1. The molecule has 6 heteroatoms. The lowest BCUT2D eigenvalue weighted by Gasteiger charge is -2.30. The van der Waals surface area contributed by atoms with E-state index < -0.39 is 5.97 Å². The van der Waals surface area contributed by atoms with Gasteiger partial charge in [0.25, 0.3) is 5.91 Å². The zero-order chi connectivity index (χ0) is 18.2. The van der Waals surface area contributed by atoms with E-state index in [1.54, 1.807) is 43.4 Å². The van der Waals surface area contributed by atoms with Gasteiger partial charge in [0.15, 0.2) is 18.1 Å². The number of amides is 1. The first-order chi connectivity index (χ1) is 12.0. The summed E-state index contributed by atoms with van der Waals surface area (Å²) in [4.78, 5) is 25.6. The highest BCUT2D eigenvalue weighted by molar-refractivity contribution is 5.89. The van der Waals surface area contributed by atoms with Gasteiger partial charge in [-0.15, -0.1) is 0 Å². The maximum Gasteiger partial charge on any atom is 0.331 e. The van der Waals surface area contributed by atoms with Gasteiger partial charge in [0.2, 0.25) is 0 Å². The standard InChI is InChI=1S/C19H25NO5/c1-14-5-4-10-20(12-14)18(21)13-25-19(22)9-7-15-6-8-16(23-2)17(11-15)24-3/h6-9,11,14H,4-5,10,12-13H2,1-3H3/b9-7+/t14-/m0/s1. The van der Waals surface area contributed by atoms with Gasteiger partial charge in [0, 0.05) is 19.2 Å². The number of carbonyl (C=O) groups is 2. The van der Waals surface area contributed by atoms with Gasteiger partial charge in [0.05, 0.1) is 14.2 Å². The van der Waals surface area contributed by atoms with Gasteiger partial charge in [-0.25, -0.2) is 4.79 Å². The lowest BCUT2D eigenvalue weighted by atomic mass is 10.0. The van der Waals surface area contributed by atoms with Gasteiger partial charge in [0.1, 0.15) is 0 Å². The van der Waals surface area contributed by atoms with E-state index in [-0.39, 0.29) is 12.5 Å². The van der Waals surface area contributed by atoms with Crippen LogP contribution in [-0.2, 0) is 14.3 Å². The lowest BCUT2D eigenvalue weighted by molar-refractivity contribution is -0.149. The molecule has 0 radical (unpaired) electrons. The van der Waals surface area contributed by atoms with Crippen molar-refractivity contribution >= 4 is 18.0 Å². The van der Waals surface area contributed by atoms with E-state index in [4.69, 9.17) is 14.2 Å². The van der Waals surface area contributed by atoms with Crippen LogP contribution in [0.15, 0.2) is 24.3 Å². The van der Waals surface area contributed by atoms with Crippen LogP contribution >= 0.6 is 0 Å². The first-order valence-electron chi connectivity index (χ1n) is 8.38. The Balaban J connectivity index is 1.85. The molecular formula is C19H25NO5. The summed E-state index contributed by atoms with van der Waals surface area (Å²) < 4.78 is 15.4. The third-order valence-electron chi connectivity index (χ3n) is 4.17. The molecule has 25 heavy (non-hydrogen) atoms. The maximum atomic E-state index is 12.1. The number of carbonyl (C=O) groups excluding carboxylic acids is 2. The molecule has 0 aliphatic carbocycles. The number of ether oxygens (including phenoxy) is 3. The predicted molar refractivity (Wildman–Crippen MR) is 94.5 cm³/mol. The van der Waals surface area contributed by atoms with E-state index in [1.807, 2.05) is 0 Å². The average molecular weight is 347 g/mol. The van der Waals surface area contributed by atoms with E-state index in [0.717, 1.165) is 31.5 Å². The second kappa shape index (κ2) is 9.11. The number of rotatable bonds is 6. The molecule has 1 heterocycles. The fraction of sp³-hybridized carbons (Fsp3) is 0.474. The van der Waals surface area contributed by atoms with Crippen molar-refractivity contribution in [2.45, 2.75) is 19.8 Å². The summed E-state index contributed by atoms with van der Waals surface area (Å²) in [6.45, 7) is 3.37. The maximum absolute atomic E-state index is 12.1. The fourth-order valence-corrected chi connectivity index (χ4v) is 2.81. The van der Waals surface area contributed by atoms with Crippen molar-refractivity contribution in [3.05, 3.63) is 29.8 Å². The van der Waals surface area contributed by atoms with Gasteiger partial charge in [-0.05, 0) is 42.5 Å². The summed E-state index contributed by atoms with van der Waals surface area (Å²) >= 11 is 0. The Labute approximate surface area is 148 Å². The van der Waals surface area contributed by atoms with Crippen LogP contribution < -0.4 is 9.47 Å². The van der Waals surface area contributed by atoms with E-state index in [9.17, 15) is 9.59 Å². The summed E-state index contributed by atoms with van der Waals surface area (Å²) in [6.07, 6.45) is 5.04. The van der Waals surface area contributed by atoms with Crippen LogP contribution in [0.5, 0.6) is 11.5 Å². The molecule has 1 amide bonds. The SMILES string of the molecule is COc1ccc(/C=C/C(=O)OCC(=O)N2CCC[C@H](C)C2)cc1OC. The molecule has 2 rings (SSSR count). The molecule has 1 saturated heterocycles. The number of esters is 1. The Hall–Kier alpha value is -2.50. The van der Waals surface area contributed by atoms with Gasteiger partial charge in [-0.1, -0.05) is 13.0 Å². The van der Waals surface area contributed by atoms with E-state index in [1.165, 1.54) is 6.08 Å². The van der Waals surface area contributed by atoms with E-state index >= 15 is 0 Å². The molecule has 0 unspecified atom stereocenters. The van der Waals surface area contributed by atoms with Crippen LogP contribution in [0, 0.1) is 5.92 Å². The Morgan fingerprint density at radius 3 is 2.68 bits per heavy atom. The number of piperidine rings is 1. The molecule has 0 aromatic heterocycles. The van der Waals surface area contributed by atoms with Crippen molar-refractivity contribution < 1.29 is 23.8 Å². The van der Waals surface area contributed by atoms with Crippen LogP contribution in [0.1, 0.15) is 25.3 Å². The normalized spacial score (nSPS) is 17.4. The molecule has 1 aliphatic rings. The van der Waals surface area contributed by atoms with Gasteiger partial charge >= 0.3 is 5.97 Å². The molecule has 6 nitrogen and oxygen atoms in total. The number of benzene rings is 1. The molecule has 0 bridgehead atoms. The van der Waals surface area contributed by atoms with Crippen LogP contribution in [0.25, 0.3) is 6.08 Å². The van der Waals surface area contributed by atoms with E-state index in [0.29, 0.717) is 17.4 Å². The summed E-state index contributed by atoms with van der Waals surface area (Å²) in [5.41, 5.74) is 0.769. The van der Waals surface area contributed by atoms with Crippen molar-refractivity contribution in [1.29, 1.82) is 0 Å². The van der Waals surface area contributed by atoms with Crippen LogP contribution in [0.4, 0.5) is 0 Å². The molecule has 1 aromatic rings. The third-order valence-corrected chi connectivity index (χ3v) is 4.17. The molecule has 0 N–H and O–H groups in total. The number of hydrogen-bond acceptors (Lipinski definition) is 5. The smallest absolute Gasteiger partial charge is 0.331 e. The Bertz CT molecular complexity index is 641.